The Morgan fingerprint density at radius 2 is 1.83 bits per heavy atom. The Bertz CT molecular complexity index is 645. The van der Waals surface area contributed by atoms with Crippen LogP contribution in [-0.2, 0) is 11.2 Å². The van der Waals surface area contributed by atoms with Crippen LogP contribution in [0.2, 0.25) is 0 Å². The van der Waals surface area contributed by atoms with Gasteiger partial charge in [-0.1, -0.05) is 30.3 Å². The van der Waals surface area contributed by atoms with E-state index in [1.165, 1.54) is 0 Å². The normalized spacial score (nSPS) is 11.5. The van der Waals surface area contributed by atoms with Gasteiger partial charge in [0, 0.05) is 6.42 Å². The van der Waals surface area contributed by atoms with E-state index in [1.54, 1.807) is 32.9 Å². The van der Waals surface area contributed by atoms with E-state index >= 15 is 0 Å². The van der Waals surface area contributed by atoms with Crippen molar-refractivity contribution in [3.8, 4) is 12.1 Å². The average Bonchev–Trinajstić information content (AvgIpc) is 2.47. The minimum absolute atomic E-state index is 0.221. The quantitative estimate of drug-likeness (QED) is 0.656. The largest absolute Gasteiger partial charge is 0.508 e. The van der Waals surface area contributed by atoms with Crippen molar-refractivity contribution in [2.24, 2.45) is 0 Å². The van der Waals surface area contributed by atoms with Crippen LogP contribution in [0, 0.1) is 22.7 Å². The molecule has 120 valence electrons. The van der Waals surface area contributed by atoms with Gasteiger partial charge in [-0.3, -0.25) is 0 Å². The molecule has 1 atom stereocenters. The SMILES string of the molecule is CC(C)(C)OC(=O)N[C@@H](Cc1ccccc1)C(O)=C(C#N)C#N. The first kappa shape index (κ1) is 18.1. The van der Waals surface area contributed by atoms with Gasteiger partial charge >= 0.3 is 6.09 Å². The van der Waals surface area contributed by atoms with E-state index in [4.69, 9.17) is 15.3 Å². The van der Waals surface area contributed by atoms with E-state index in [-0.39, 0.29) is 6.42 Å². The molecule has 6 nitrogen and oxygen atoms in total. The van der Waals surface area contributed by atoms with Crippen molar-refractivity contribution < 1.29 is 14.6 Å². The van der Waals surface area contributed by atoms with Gasteiger partial charge in [0.25, 0.3) is 0 Å². The molecule has 0 fully saturated rings. The van der Waals surface area contributed by atoms with E-state index < -0.39 is 29.1 Å². The Labute approximate surface area is 135 Å². The number of nitrogens with zero attached hydrogens (tertiary/aromatic N) is 2. The number of ether oxygens (including phenoxy) is 1. The first-order valence-electron chi connectivity index (χ1n) is 7.03. The second kappa shape index (κ2) is 7.86. The van der Waals surface area contributed by atoms with Crippen LogP contribution in [0.3, 0.4) is 0 Å². The number of aliphatic hydroxyl groups excluding tert-OH is 1. The molecule has 0 heterocycles. The molecule has 0 aromatic heterocycles. The highest BCUT2D eigenvalue weighted by atomic mass is 16.6. The molecule has 2 N–H and O–H groups in total. The lowest BCUT2D eigenvalue weighted by Crippen LogP contribution is -2.41. The zero-order valence-corrected chi connectivity index (χ0v) is 13.3. The topological polar surface area (TPSA) is 106 Å². The fourth-order valence-electron chi connectivity index (χ4n) is 1.83. The molecule has 0 unspecified atom stereocenters. The molecule has 1 aromatic rings. The summed E-state index contributed by atoms with van der Waals surface area (Å²) in [7, 11) is 0. The van der Waals surface area contributed by atoms with Gasteiger partial charge in [0.1, 0.15) is 23.5 Å². The number of aliphatic hydroxyl groups is 1. The summed E-state index contributed by atoms with van der Waals surface area (Å²) in [4.78, 5) is 11.9. The zero-order valence-electron chi connectivity index (χ0n) is 13.3. The van der Waals surface area contributed by atoms with Crippen molar-refractivity contribution in [3.05, 3.63) is 47.2 Å². The highest BCUT2D eigenvalue weighted by Gasteiger charge is 2.24. The monoisotopic (exact) mass is 313 g/mol. The maximum atomic E-state index is 11.9. The number of carbonyl (C=O) groups excluding carboxylic acids is 1. The number of rotatable bonds is 4. The number of nitrogens with one attached hydrogen (secondary N) is 1. The van der Waals surface area contributed by atoms with Crippen molar-refractivity contribution in [2.45, 2.75) is 38.8 Å². The summed E-state index contributed by atoms with van der Waals surface area (Å²) in [5, 5.41) is 30.4. The maximum Gasteiger partial charge on any atom is 0.408 e. The molecule has 0 aliphatic carbocycles. The third kappa shape index (κ3) is 6.11. The Balaban J connectivity index is 3.03. The molecule has 6 heteroatoms. The Hall–Kier alpha value is -2.99. The first-order valence-corrected chi connectivity index (χ1v) is 7.03. The molecule has 1 rings (SSSR count). The Kier molecular flexibility index (Phi) is 6.17. The minimum Gasteiger partial charge on any atom is -0.508 e. The molecule has 1 aromatic carbocycles. The van der Waals surface area contributed by atoms with Crippen molar-refractivity contribution in [3.63, 3.8) is 0 Å². The molecular weight excluding hydrogens is 294 g/mol. The van der Waals surface area contributed by atoms with Crippen molar-refractivity contribution >= 4 is 6.09 Å². The third-order valence-electron chi connectivity index (χ3n) is 2.78. The van der Waals surface area contributed by atoms with Gasteiger partial charge in [0.2, 0.25) is 0 Å². The summed E-state index contributed by atoms with van der Waals surface area (Å²) >= 11 is 0. The average molecular weight is 313 g/mol. The number of hydrogen-bond acceptors (Lipinski definition) is 5. The predicted octanol–water partition coefficient (Wildman–Crippen LogP) is 2.98. The summed E-state index contributed by atoms with van der Waals surface area (Å²) in [6.07, 6.45) is -0.515. The van der Waals surface area contributed by atoms with E-state index in [1.807, 2.05) is 30.3 Å². The molecule has 0 spiro atoms. The van der Waals surface area contributed by atoms with Crippen molar-refractivity contribution in [1.82, 2.24) is 5.32 Å². The van der Waals surface area contributed by atoms with Crippen LogP contribution < -0.4 is 5.32 Å². The Morgan fingerprint density at radius 3 is 2.30 bits per heavy atom. The smallest absolute Gasteiger partial charge is 0.408 e. The molecular formula is C17H19N3O3. The van der Waals surface area contributed by atoms with Crippen molar-refractivity contribution in [2.75, 3.05) is 0 Å². The number of alkyl carbamates (subject to hydrolysis) is 1. The summed E-state index contributed by atoms with van der Waals surface area (Å²) in [6.45, 7) is 5.14. The summed E-state index contributed by atoms with van der Waals surface area (Å²) in [5.41, 5.74) is -0.314. The molecule has 0 saturated heterocycles. The number of amides is 1. The minimum atomic E-state index is -0.929. The molecule has 0 radical (unpaired) electrons. The van der Waals surface area contributed by atoms with Gasteiger partial charge in [-0.2, -0.15) is 10.5 Å². The molecule has 23 heavy (non-hydrogen) atoms. The van der Waals surface area contributed by atoms with Gasteiger partial charge < -0.3 is 15.2 Å². The highest BCUT2D eigenvalue weighted by Crippen LogP contribution is 2.14. The number of hydrogen-bond donors (Lipinski definition) is 2. The Morgan fingerprint density at radius 1 is 1.26 bits per heavy atom. The number of nitriles is 2. The van der Waals surface area contributed by atoms with E-state index in [2.05, 4.69) is 5.32 Å². The number of allylic oxidation sites excluding steroid dienone is 1. The second-order valence-corrected chi connectivity index (χ2v) is 5.87. The summed E-state index contributed by atoms with van der Waals surface area (Å²) < 4.78 is 5.15. The third-order valence-corrected chi connectivity index (χ3v) is 2.78. The summed E-state index contributed by atoms with van der Waals surface area (Å²) in [6, 6.07) is 11.4. The predicted molar refractivity (Wildman–Crippen MR) is 84.2 cm³/mol. The van der Waals surface area contributed by atoms with Gasteiger partial charge in [-0.05, 0) is 26.3 Å². The van der Waals surface area contributed by atoms with Crippen molar-refractivity contribution in [1.29, 1.82) is 10.5 Å². The highest BCUT2D eigenvalue weighted by molar-refractivity contribution is 5.69. The van der Waals surface area contributed by atoms with Crippen LogP contribution in [0.15, 0.2) is 41.7 Å². The summed E-state index contributed by atoms with van der Waals surface area (Å²) in [5.74, 6) is -0.482. The fourth-order valence-corrected chi connectivity index (χ4v) is 1.83. The number of carbonyl (C=O) groups is 1. The lowest BCUT2D eigenvalue weighted by atomic mass is 10.0. The van der Waals surface area contributed by atoms with Gasteiger partial charge in [-0.15, -0.1) is 0 Å². The van der Waals surface area contributed by atoms with Gasteiger partial charge in [0.15, 0.2) is 5.57 Å². The zero-order chi connectivity index (χ0) is 17.5. The number of benzene rings is 1. The van der Waals surface area contributed by atoms with Crippen LogP contribution in [0.25, 0.3) is 0 Å². The first-order chi connectivity index (χ1) is 10.8. The van der Waals surface area contributed by atoms with Gasteiger partial charge in [-0.25, -0.2) is 4.79 Å². The lowest BCUT2D eigenvalue weighted by molar-refractivity contribution is 0.0501. The van der Waals surface area contributed by atoms with Crippen LogP contribution in [0.4, 0.5) is 4.79 Å². The molecule has 0 bridgehead atoms. The van der Waals surface area contributed by atoms with E-state index in [0.29, 0.717) is 0 Å². The van der Waals surface area contributed by atoms with Crippen LogP contribution in [-0.4, -0.2) is 22.8 Å². The lowest BCUT2D eigenvalue weighted by Gasteiger charge is -2.23. The van der Waals surface area contributed by atoms with E-state index in [9.17, 15) is 9.90 Å². The molecule has 0 saturated carbocycles. The van der Waals surface area contributed by atoms with Crippen LogP contribution >= 0.6 is 0 Å². The second-order valence-electron chi connectivity index (χ2n) is 5.87. The maximum absolute atomic E-state index is 11.9. The molecule has 0 aliphatic rings. The molecule has 0 aliphatic heterocycles. The van der Waals surface area contributed by atoms with E-state index in [0.717, 1.165) is 5.56 Å². The van der Waals surface area contributed by atoms with Crippen LogP contribution in [0.5, 0.6) is 0 Å². The van der Waals surface area contributed by atoms with Crippen LogP contribution in [0.1, 0.15) is 26.3 Å². The standard InChI is InChI=1S/C17H19N3O3/c1-17(2,3)23-16(22)20-14(15(21)13(10-18)11-19)9-12-7-5-4-6-8-12/h4-8,14,21H,9H2,1-3H3,(H,20,22)/t14-/m0/s1. The molecule has 1 amide bonds. The fraction of sp³-hybridized carbons (Fsp3) is 0.353. The van der Waals surface area contributed by atoms with Gasteiger partial charge in [0.05, 0.1) is 6.04 Å².